The van der Waals surface area contributed by atoms with Crippen molar-refractivity contribution in [1.29, 1.82) is 0 Å². The highest BCUT2D eigenvalue weighted by molar-refractivity contribution is 5.74. The molecule has 1 aromatic rings. The number of rotatable bonds is 3. The summed E-state index contributed by atoms with van der Waals surface area (Å²) in [5.41, 5.74) is 0.863. The van der Waals surface area contributed by atoms with E-state index in [4.69, 9.17) is 4.74 Å². The van der Waals surface area contributed by atoms with Crippen molar-refractivity contribution in [3.05, 3.63) is 23.9 Å². The fourth-order valence-electron chi connectivity index (χ4n) is 2.84. The Kier molecular flexibility index (Phi) is 5.24. The third-order valence-corrected chi connectivity index (χ3v) is 3.88. The van der Waals surface area contributed by atoms with Gasteiger partial charge in [-0.1, -0.05) is 13.8 Å². The van der Waals surface area contributed by atoms with Gasteiger partial charge in [-0.15, -0.1) is 0 Å². The first-order valence-electron chi connectivity index (χ1n) is 7.59. The van der Waals surface area contributed by atoms with Gasteiger partial charge in [-0.3, -0.25) is 0 Å². The smallest absolute Gasteiger partial charge is 0.317 e. The molecule has 1 saturated heterocycles. The maximum absolute atomic E-state index is 12.4. The minimum atomic E-state index is -0.336. The van der Waals surface area contributed by atoms with E-state index in [0.29, 0.717) is 31.9 Å². The van der Waals surface area contributed by atoms with Crippen LogP contribution in [0, 0.1) is 5.41 Å². The quantitative estimate of drug-likeness (QED) is 0.892. The van der Waals surface area contributed by atoms with Gasteiger partial charge in [0.15, 0.2) is 0 Å². The Morgan fingerprint density at radius 2 is 2.36 bits per heavy atom. The number of methoxy groups -OCH3 is 1. The summed E-state index contributed by atoms with van der Waals surface area (Å²) < 4.78 is 5.07. The zero-order valence-corrected chi connectivity index (χ0v) is 13.5. The number of hydrogen-bond donors (Lipinski definition) is 2. The number of aromatic nitrogens is 1. The van der Waals surface area contributed by atoms with Crippen LogP contribution in [0.15, 0.2) is 18.3 Å². The van der Waals surface area contributed by atoms with Crippen molar-refractivity contribution in [2.75, 3.05) is 20.2 Å². The molecule has 2 rings (SSSR count). The van der Waals surface area contributed by atoms with Crippen molar-refractivity contribution in [3.63, 3.8) is 0 Å². The number of aliphatic hydroxyl groups is 1. The number of carbonyl (C=O) groups excluding carboxylic acids is 1. The van der Waals surface area contributed by atoms with Gasteiger partial charge in [0.2, 0.25) is 5.88 Å². The summed E-state index contributed by atoms with van der Waals surface area (Å²) in [7, 11) is 1.56. The van der Waals surface area contributed by atoms with E-state index >= 15 is 0 Å². The second-order valence-electron chi connectivity index (χ2n) is 6.60. The highest BCUT2D eigenvalue weighted by Crippen LogP contribution is 2.28. The summed E-state index contributed by atoms with van der Waals surface area (Å²) in [5, 5.41) is 12.8. The summed E-state index contributed by atoms with van der Waals surface area (Å²) in [6.45, 7) is 5.81. The van der Waals surface area contributed by atoms with E-state index in [2.05, 4.69) is 24.1 Å². The van der Waals surface area contributed by atoms with Gasteiger partial charge >= 0.3 is 6.03 Å². The second kappa shape index (κ2) is 6.96. The number of likely N-dealkylation sites (tertiary alicyclic amines) is 1. The van der Waals surface area contributed by atoms with Crippen molar-refractivity contribution < 1.29 is 14.6 Å². The van der Waals surface area contributed by atoms with Gasteiger partial charge in [0, 0.05) is 31.9 Å². The predicted octanol–water partition coefficient (Wildman–Crippen LogP) is 1.78. The first-order chi connectivity index (χ1) is 10.4. The lowest BCUT2D eigenvalue weighted by atomic mass is 9.87. The van der Waals surface area contributed by atoms with Crippen molar-refractivity contribution in [2.24, 2.45) is 5.41 Å². The molecule has 22 heavy (non-hydrogen) atoms. The molecule has 1 fully saturated rings. The topological polar surface area (TPSA) is 74.7 Å². The minimum Gasteiger partial charge on any atom is -0.481 e. The lowest BCUT2D eigenvalue weighted by Crippen LogP contribution is -2.43. The molecule has 0 bridgehead atoms. The number of carbonyl (C=O) groups is 1. The average Bonchev–Trinajstić information content (AvgIpc) is 2.62. The van der Waals surface area contributed by atoms with Gasteiger partial charge in [-0.2, -0.15) is 0 Å². The molecular formula is C16H25N3O3. The number of nitrogens with one attached hydrogen (secondary N) is 1. The number of aliphatic hydroxyl groups excluding tert-OH is 1. The van der Waals surface area contributed by atoms with Crippen LogP contribution in [-0.4, -0.2) is 47.3 Å². The molecule has 0 spiro atoms. The summed E-state index contributed by atoms with van der Waals surface area (Å²) in [6, 6.07) is 3.55. The van der Waals surface area contributed by atoms with Crippen LogP contribution in [0.2, 0.25) is 0 Å². The maximum Gasteiger partial charge on any atom is 0.317 e. The monoisotopic (exact) mass is 307 g/mol. The van der Waals surface area contributed by atoms with Crippen LogP contribution in [0.3, 0.4) is 0 Å². The number of nitrogens with zero attached hydrogens (tertiary/aromatic N) is 2. The lowest BCUT2D eigenvalue weighted by Gasteiger charge is -2.29. The Morgan fingerprint density at radius 1 is 1.59 bits per heavy atom. The van der Waals surface area contributed by atoms with Crippen molar-refractivity contribution in [1.82, 2.24) is 15.2 Å². The Bertz CT molecular complexity index is 519. The van der Waals surface area contributed by atoms with E-state index < -0.39 is 0 Å². The van der Waals surface area contributed by atoms with Gasteiger partial charge < -0.3 is 20.1 Å². The first kappa shape index (κ1) is 16.5. The molecule has 6 heteroatoms. The fourth-order valence-corrected chi connectivity index (χ4v) is 2.84. The average molecular weight is 307 g/mol. The number of amides is 2. The molecular weight excluding hydrogens is 282 g/mol. The molecule has 1 aliphatic heterocycles. The predicted molar refractivity (Wildman–Crippen MR) is 83.6 cm³/mol. The van der Waals surface area contributed by atoms with Crippen molar-refractivity contribution in [3.8, 4) is 5.88 Å². The van der Waals surface area contributed by atoms with Crippen LogP contribution in [0.1, 0.15) is 32.3 Å². The molecule has 122 valence electrons. The van der Waals surface area contributed by atoms with Gasteiger partial charge in [0.05, 0.1) is 13.2 Å². The SMILES string of the molecule is COc1cc(CNC(=O)N2CCC(O)CC(C)(C)C2)ccn1. The van der Waals surface area contributed by atoms with Gasteiger partial charge in [0.1, 0.15) is 0 Å². The summed E-state index contributed by atoms with van der Waals surface area (Å²) in [6.07, 6.45) is 2.67. The summed E-state index contributed by atoms with van der Waals surface area (Å²) in [4.78, 5) is 18.2. The van der Waals surface area contributed by atoms with Gasteiger partial charge in [-0.25, -0.2) is 9.78 Å². The number of pyridine rings is 1. The van der Waals surface area contributed by atoms with Crippen LogP contribution >= 0.6 is 0 Å². The lowest BCUT2D eigenvalue weighted by molar-refractivity contribution is 0.121. The van der Waals surface area contributed by atoms with Crippen LogP contribution in [0.5, 0.6) is 5.88 Å². The van der Waals surface area contributed by atoms with Crippen LogP contribution in [-0.2, 0) is 6.54 Å². The van der Waals surface area contributed by atoms with Crippen LogP contribution < -0.4 is 10.1 Å². The zero-order valence-electron chi connectivity index (χ0n) is 13.5. The molecule has 1 atom stereocenters. The van der Waals surface area contributed by atoms with Crippen LogP contribution in [0.4, 0.5) is 4.79 Å². The molecule has 2 N–H and O–H groups in total. The van der Waals surface area contributed by atoms with E-state index in [1.807, 2.05) is 6.07 Å². The van der Waals surface area contributed by atoms with E-state index in [1.165, 1.54) is 0 Å². The third kappa shape index (κ3) is 4.59. The van der Waals surface area contributed by atoms with E-state index in [-0.39, 0.29) is 17.6 Å². The molecule has 6 nitrogen and oxygen atoms in total. The Morgan fingerprint density at radius 3 is 3.09 bits per heavy atom. The van der Waals surface area contributed by atoms with Crippen LogP contribution in [0.25, 0.3) is 0 Å². The summed E-state index contributed by atoms with van der Waals surface area (Å²) >= 11 is 0. The Labute approximate surface area is 131 Å². The standard InChI is InChI=1S/C16H25N3O3/c1-16(2)9-13(20)5-7-19(11-16)15(21)18-10-12-4-6-17-14(8-12)22-3/h4,6,8,13,20H,5,7,9-11H2,1-3H3,(H,18,21). The summed E-state index contributed by atoms with van der Waals surface area (Å²) in [5.74, 6) is 0.533. The third-order valence-electron chi connectivity index (χ3n) is 3.88. The maximum atomic E-state index is 12.4. The Balaban J connectivity index is 1.93. The molecule has 1 unspecified atom stereocenters. The largest absolute Gasteiger partial charge is 0.481 e. The normalized spacial score (nSPS) is 21.1. The van der Waals surface area contributed by atoms with Crippen molar-refractivity contribution >= 4 is 6.03 Å². The molecule has 2 amide bonds. The molecule has 0 aliphatic carbocycles. The number of hydrogen-bond acceptors (Lipinski definition) is 4. The molecule has 2 heterocycles. The van der Waals surface area contributed by atoms with E-state index in [0.717, 1.165) is 12.0 Å². The molecule has 1 aliphatic rings. The Hall–Kier alpha value is -1.82. The number of ether oxygens (including phenoxy) is 1. The molecule has 0 saturated carbocycles. The zero-order chi connectivity index (χ0) is 16.2. The fraction of sp³-hybridized carbons (Fsp3) is 0.625. The number of urea groups is 1. The minimum absolute atomic E-state index is 0.0762. The first-order valence-corrected chi connectivity index (χ1v) is 7.59. The van der Waals surface area contributed by atoms with E-state index in [9.17, 15) is 9.90 Å². The van der Waals surface area contributed by atoms with E-state index in [1.54, 1.807) is 24.3 Å². The molecule has 0 aromatic carbocycles. The van der Waals surface area contributed by atoms with Gasteiger partial charge in [0.25, 0.3) is 0 Å². The highest BCUT2D eigenvalue weighted by atomic mass is 16.5. The highest BCUT2D eigenvalue weighted by Gasteiger charge is 2.31. The van der Waals surface area contributed by atoms with Crippen molar-refractivity contribution in [2.45, 2.75) is 39.3 Å². The second-order valence-corrected chi connectivity index (χ2v) is 6.60. The molecule has 1 aromatic heterocycles. The molecule has 0 radical (unpaired) electrons. The van der Waals surface area contributed by atoms with Gasteiger partial charge in [-0.05, 0) is 29.9 Å².